The number of carbonyl (C=O) groups is 1. The van der Waals surface area contributed by atoms with Gasteiger partial charge >= 0.3 is 5.97 Å². The van der Waals surface area contributed by atoms with E-state index in [1.807, 2.05) is 31.2 Å². The van der Waals surface area contributed by atoms with Gasteiger partial charge in [-0.15, -0.1) is 0 Å². The number of benzene rings is 1. The summed E-state index contributed by atoms with van der Waals surface area (Å²) in [6, 6.07) is 8.33. The summed E-state index contributed by atoms with van der Waals surface area (Å²) in [4.78, 5) is 16.5. The van der Waals surface area contributed by atoms with Crippen LogP contribution in [-0.4, -0.2) is 56.4 Å². The monoisotopic (exact) mass is 275 g/mol. The fourth-order valence-corrected chi connectivity index (χ4v) is 2.91. The van der Waals surface area contributed by atoms with Gasteiger partial charge < -0.3 is 15.0 Å². The first kappa shape index (κ1) is 13.4. The number of fused-ring (bicyclic) bond motifs is 1. The summed E-state index contributed by atoms with van der Waals surface area (Å²) in [5.74, 6) is -0.248. The number of piperazine rings is 1. The Morgan fingerprint density at radius 2 is 2.20 bits per heavy atom. The number of nitrogens with zero attached hydrogens (tertiary/aromatic N) is 2. The number of hydrogen-bond donors (Lipinski definition) is 1. The molecule has 5 heteroatoms. The van der Waals surface area contributed by atoms with Crippen molar-refractivity contribution >= 4 is 11.7 Å². The molecule has 2 fully saturated rings. The van der Waals surface area contributed by atoms with Crippen molar-refractivity contribution in [2.24, 2.45) is 0 Å². The van der Waals surface area contributed by atoms with E-state index in [0.717, 1.165) is 32.8 Å². The molecule has 1 atom stereocenters. The molecule has 0 amide bonds. The first-order valence-corrected chi connectivity index (χ1v) is 7.25. The van der Waals surface area contributed by atoms with Gasteiger partial charge in [0.1, 0.15) is 0 Å². The van der Waals surface area contributed by atoms with Crippen LogP contribution in [0, 0.1) is 0 Å². The minimum atomic E-state index is -0.248. The molecule has 20 heavy (non-hydrogen) atoms. The van der Waals surface area contributed by atoms with Crippen molar-refractivity contribution in [3.63, 3.8) is 0 Å². The lowest BCUT2D eigenvalue weighted by molar-refractivity contribution is 0.0526. The van der Waals surface area contributed by atoms with E-state index in [2.05, 4.69) is 15.1 Å². The van der Waals surface area contributed by atoms with Crippen molar-refractivity contribution < 1.29 is 9.53 Å². The van der Waals surface area contributed by atoms with E-state index in [0.29, 0.717) is 18.2 Å². The predicted molar refractivity (Wildman–Crippen MR) is 78.0 cm³/mol. The molecule has 3 rings (SSSR count). The summed E-state index contributed by atoms with van der Waals surface area (Å²) >= 11 is 0. The molecule has 0 saturated carbocycles. The van der Waals surface area contributed by atoms with Crippen LogP contribution >= 0.6 is 0 Å². The molecule has 1 unspecified atom stereocenters. The van der Waals surface area contributed by atoms with Crippen LogP contribution in [0.25, 0.3) is 0 Å². The summed E-state index contributed by atoms with van der Waals surface area (Å²) in [5, 5.41) is 3.44. The average Bonchev–Trinajstić information content (AvgIpc) is 2.91. The highest BCUT2D eigenvalue weighted by molar-refractivity contribution is 5.89. The van der Waals surface area contributed by atoms with Crippen molar-refractivity contribution in [2.45, 2.75) is 13.0 Å². The van der Waals surface area contributed by atoms with Gasteiger partial charge in [0.2, 0.25) is 0 Å². The van der Waals surface area contributed by atoms with Crippen LogP contribution in [0.1, 0.15) is 17.3 Å². The Morgan fingerprint density at radius 3 is 2.90 bits per heavy atom. The third-order valence-electron chi connectivity index (χ3n) is 4.00. The molecule has 0 aliphatic carbocycles. The molecule has 1 aromatic carbocycles. The highest BCUT2D eigenvalue weighted by Crippen LogP contribution is 2.23. The topological polar surface area (TPSA) is 44.8 Å². The minimum absolute atomic E-state index is 0.248. The highest BCUT2D eigenvalue weighted by Gasteiger charge is 2.31. The zero-order valence-corrected chi connectivity index (χ0v) is 11.8. The van der Waals surface area contributed by atoms with Crippen LogP contribution in [0.2, 0.25) is 0 Å². The Morgan fingerprint density at radius 1 is 1.40 bits per heavy atom. The van der Waals surface area contributed by atoms with E-state index >= 15 is 0 Å². The van der Waals surface area contributed by atoms with Crippen molar-refractivity contribution in [3.8, 4) is 0 Å². The maximum absolute atomic E-state index is 11.6. The molecule has 5 nitrogen and oxygen atoms in total. The van der Waals surface area contributed by atoms with Crippen molar-refractivity contribution in [2.75, 3.05) is 44.4 Å². The largest absolute Gasteiger partial charge is 0.462 e. The summed E-state index contributed by atoms with van der Waals surface area (Å²) in [6.07, 6.45) is 0. The van der Waals surface area contributed by atoms with Crippen LogP contribution in [0.5, 0.6) is 0 Å². The average molecular weight is 275 g/mol. The normalized spacial score (nSPS) is 22.6. The number of anilines is 1. The van der Waals surface area contributed by atoms with E-state index in [-0.39, 0.29) is 5.97 Å². The number of nitrogens with one attached hydrogen (secondary N) is 1. The lowest BCUT2D eigenvalue weighted by Gasteiger charge is -2.28. The Balaban J connectivity index is 1.67. The van der Waals surface area contributed by atoms with Crippen LogP contribution in [0.4, 0.5) is 5.69 Å². The van der Waals surface area contributed by atoms with Gasteiger partial charge in [-0.25, -0.2) is 4.79 Å². The molecular formula is C15H21N3O2. The second kappa shape index (κ2) is 5.81. The molecule has 0 bridgehead atoms. The minimum Gasteiger partial charge on any atom is -0.462 e. The zero-order chi connectivity index (χ0) is 13.9. The maximum atomic E-state index is 11.6. The molecule has 1 N–H and O–H groups in total. The molecule has 0 spiro atoms. The van der Waals surface area contributed by atoms with Crippen molar-refractivity contribution in [1.29, 1.82) is 0 Å². The van der Waals surface area contributed by atoms with Crippen LogP contribution in [0.15, 0.2) is 24.3 Å². The van der Waals surface area contributed by atoms with E-state index in [1.54, 1.807) is 0 Å². The molecule has 108 valence electrons. The number of ether oxygens (including phenoxy) is 1. The smallest absolute Gasteiger partial charge is 0.338 e. The molecule has 0 radical (unpaired) electrons. The lowest BCUT2D eigenvalue weighted by atomic mass is 10.2. The molecule has 2 saturated heterocycles. The van der Waals surface area contributed by atoms with Gasteiger partial charge in [0.25, 0.3) is 0 Å². The van der Waals surface area contributed by atoms with Crippen LogP contribution < -0.4 is 10.2 Å². The fraction of sp³-hybridized carbons (Fsp3) is 0.533. The molecule has 1 aromatic rings. The van der Waals surface area contributed by atoms with Crippen molar-refractivity contribution in [1.82, 2.24) is 10.2 Å². The van der Waals surface area contributed by atoms with Crippen LogP contribution in [-0.2, 0) is 4.74 Å². The number of rotatable bonds is 3. The van der Waals surface area contributed by atoms with Gasteiger partial charge in [-0.05, 0) is 31.2 Å². The zero-order valence-electron chi connectivity index (χ0n) is 11.8. The van der Waals surface area contributed by atoms with E-state index in [9.17, 15) is 4.79 Å². The number of hydrogen-bond acceptors (Lipinski definition) is 5. The quantitative estimate of drug-likeness (QED) is 0.831. The SMILES string of the molecule is CCOC(=O)c1ccc(N2CC3CNCCN3C2)cc1. The Hall–Kier alpha value is -1.59. The van der Waals surface area contributed by atoms with Gasteiger partial charge in [0.15, 0.2) is 0 Å². The van der Waals surface area contributed by atoms with Gasteiger partial charge in [-0.1, -0.05) is 0 Å². The Kier molecular flexibility index (Phi) is 3.89. The molecule has 0 aromatic heterocycles. The first-order valence-electron chi connectivity index (χ1n) is 7.25. The summed E-state index contributed by atoms with van der Waals surface area (Å²) in [6.45, 7) is 7.51. The van der Waals surface area contributed by atoms with E-state index in [1.165, 1.54) is 5.69 Å². The standard InChI is InChI=1S/C15H21N3O2/c1-2-20-15(19)12-3-5-13(6-4-12)18-10-14-9-16-7-8-17(14)11-18/h3-6,14,16H,2,7-11H2,1H3. The Bertz CT molecular complexity index is 461. The maximum Gasteiger partial charge on any atom is 0.338 e. The summed E-state index contributed by atoms with van der Waals surface area (Å²) in [5.41, 5.74) is 1.79. The van der Waals surface area contributed by atoms with E-state index in [4.69, 9.17) is 4.74 Å². The van der Waals surface area contributed by atoms with Crippen molar-refractivity contribution in [3.05, 3.63) is 29.8 Å². The second-order valence-corrected chi connectivity index (χ2v) is 5.30. The van der Waals surface area contributed by atoms with Gasteiger partial charge in [0.05, 0.1) is 18.8 Å². The molecule has 2 heterocycles. The molecule has 2 aliphatic heterocycles. The third kappa shape index (κ3) is 2.64. The lowest BCUT2D eigenvalue weighted by Crippen LogP contribution is -2.48. The van der Waals surface area contributed by atoms with Gasteiger partial charge in [-0.3, -0.25) is 4.90 Å². The number of esters is 1. The second-order valence-electron chi connectivity index (χ2n) is 5.30. The van der Waals surface area contributed by atoms with Crippen LogP contribution in [0.3, 0.4) is 0 Å². The highest BCUT2D eigenvalue weighted by atomic mass is 16.5. The number of carbonyl (C=O) groups excluding carboxylic acids is 1. The summed E-state index contributed by atoms with van der Waals surface area (Å²) in [7, 11) is 0. The van der Waals surface area contributed by atoms with Gasteiger partial charge in [0, 0.05) is 37.9 Å². The third-order valence-corrected chi connectivity index (χ3v) is 4.00. The predicted octanol–water partition coefficient (Wildman–Crippen LogP) is 0.915. The molecule has 2 aliphatic rings. The fourth-order valence-electron chi connectivity index (χ4n) is 2.91. The van der Waals surface area contributed by atoms with E-state index < -0.39 is 0 Å². The van der Waals surface area contributed by atoms with Gasteiger partial charge in [-0.2, -0.15) is 0 Å². The first-order chi connectivity index (χ1) is 9.78. The Labute approximate surface area is 119 Å². The molecular weight excluding hydrogens is 254 g/mol. The summed E-state index contributed by atoms with van der Waals surface area (Å²) < 4.78 is 5.00.